The lowest BCUT2D eigenvalue weighted by Gasteiger charge is -2.27. The maximum Gasteiger partial charge on any atom is 0.0817 e. The maximum absolute atomic E-state index is 6.68. The van der Waals surface area contributed by atoms with Gasteiger partial charge in [0.2, 0.25) is 0 Å². The van der Waals surface area contributed by atoms with E-state index in [0.717, 1.165) is 46.5 Å². The third-order valence-electron chi connectivity index (χ3n) is 7.67. The van der Waals surface area contributed by atoms with Crippen LogP contribution in [0.4, 0.5) is 0 Å². The lowest BCUT2D eigenvalue weighted by Crippen LogP contribution is -2.33. The van der Waals surface area contributed by atoms with E-state index in [1.165, 1.54) is 27.1 Å². The number of benzene rings is 5. The Labute approximate surface area is 230 Å². The van der Waals surface area contributed by atoms with Crippen LogP contribution in [0.15, 0.2) is 132 Å². The highest BCUT2D eigenvalue weighted by Crippen LogP contribution is 2.37. The molecule has 0 spiro atoms. The molecule has 0 radical (unpaired) electrons. The van der Waals surface area contributed by atoms with Gasteiger partial charge in [0, 0.05) is 5.56 Å². The van der Waals surface area contributed by atoms with Crippen LogP contribution >= 0.6 is 0 Å². The highest BCUT2D eigenvalue weighted by atomic mass is 15.1. The molecule has 1 aliphatic rings. The molecule has 0 saturated carbocycles. The monoisotopic (exact) mass is 507 g/mol. The summed E-state index contributed by atoms with van der Waals surface area (Å²) in [5.74, 6) is 0. The van der Waals surface area contributed by atoms with Gasteiger partial charge in [0.1, 0.15) is 0 Å². The van der Waals surface area contributed by atoms with Crippen molar-refractivity contribution in [3.05, 3.63) is 144 Å². The highest BCUT2D eigenvalue weighted by Gasteiger charge is 2.21. The van der Waals surface area contributed by atoms with E-state index in [1.54, 1.807) is 0 Å². The summed E-state index contributed by atoms with van der Waals surface area (Å²) in [5.41, 5.74) is 14.5. The molecule has 0 aromatic heterocycles. The summed E-state index contributed by atoms with van der Waals surface area (Å²) >= 11 is 0. The van der Waals surface area contributed by atoms with Crippen LogP contribution in [0.2, 0.25) is 0 Å². The summed E-state index contributed by atoms with van der Waals surface area (Å²) in [4.78, 5) is 4.76. The number of hydrogen-bond acceptors (Lipinski definition) is 3. The van der Waals surface area contributed by atoms with Gasteiger partial charge >= 0.3 is 0 Å². The molecule has 0 amide bonds. The number of allylic oxidation sites excluding steroid dienone is 1. The molecule has 2 unspecified atom stereocenters. The summed E-state index contributed by atoms with van der Waals surface area (Å²) in [6, 6.07) is 36.5. The molecule has 3 heteroatoms. The van der Waals surface area contributed by atoms with E-state index in [0.29, 0.717) is 0 Å². The molecule has 5 aromatic rings. The first-order valence-electron chi connectivity index (χ1n) is 13.6. The number of hydrogen-bond donors (Lipinski definition) is 2. The SMILES string of the molecule is C=C(CC)C(NC(N)c1ccccc1)c1cc(C2=NCC=C2)cc(-c2cc3ccccc3c3ccccc23)c1. The average molecular weight is 508 g/mol. The molecule has 192 valence electrons. The molecule has 1 heterocycles. The molecular weight excluding hydrogens is 474 g/mol. The minimum absolute atomic E-state index is 0.110. The second-order valence-electron chi connectivity index (χ2n) is 10.2. The number of aliphatic imine (C=N–C) groups is 1. The molecule has 39 heavy (non-hydrogen) atoms. The molecule has 6 rings (SSSR count). The number of fused-ring (bicyclic) bond motifs is 3. The largest absolute Gasteiger partial charge is 0.312 e. The lowest BCUT2D eigenvalue weighted by atomic mass is 9.88. The van der Waals surface area contributed by atoms with Crippen molar-refractivity contribution in [2.75, 3.05) is 6.54 Å². The van der Waals surface area contributed by atoms with E-state index in [1.807, 2.05) is 18.2 Å². The first-order chi connectivity index (χ1) is 19.1. The summed E-state index contributed by atoms with van der Waals surface area (Å²) in [5, 5.41) is 8.68. The van der Waals surface area contributed by atoms with Gasteiger partial charge in [-0.3, -0.25) is 10.3 Å². The van der Waals surface area contributed by atoms with E-state index in [4.69, 9.17) is 10.7 Å². The van der Waals surface area contributed by atoms with E-state index in [-0.39, 0.29) is 12.2 Å². The molecular formula is C36H33N3. The van der Waals surface area contributed by atoms with Gasteiger partial charge in [-0.15, -0.1) is 0 Å². The van der Waals surface area contributed by atoms with E-state index in [2.05, 4.69) is 116 Å². The normalized spacial score (nSPS) is 14.5. The van der Waals surface area contributed by atoms with Gasteiger partial charge in [-0.25, -0.2) is 0 Å². The maximum atomic E-state index is 6.68. The first kappa shape index (κ1) is 25.0. The number of nitrogens with two attached hydrogens (primary N) is 1. The molecule has 2 atom stereocenters. The number of nitrogens with zero attached hydrogens (tertiary/aromatic N) is 1. The molecule has 1 aliphatic heterocycles. The van der Waals surface area contributed by atoms with Crippen LogP contribution in [0.3, 0.4) is 0 Å². The van der Waals surface area contributed by atoms with Crippen LogP contribution in [0.25, 0.3) is 32.7 Å². The predicted molar refractivity (Wildman–Crippen MR) is 166 cm³/mol. The van der Waals surface area contributed by atoms with Crippen molar-refractivity contribution in [3.63, 3.8) is 0 Å². The molecule has 3 nitrogen and oxygen atoms in total. The Hall–Kier alpha value is -4.31. The Morgan fingerprint density at radius 3 is 2.26 bits per heavy atom. The van der Waals surface area contributed by atoms with Crippen LogP contribution in [0, 0.1) is 0 Å². The zero-order valence-electron chi connectivity index (χ0n) is 22.3. The fourth-order valence-electron chi connectivity index (χ4n) is 5.56. The standard InChI is InChI=1S/C36H33N3/c1-3-24(2)35(39-36(37)25-12-5-4-6-13-25)29-21-27(20-28(22-29)34-18-11-19-38-34)33-23-26-14-7-8-15-30(26)31-16-9-10-17-32(31)33/h4-18,20-23,35-36,39H,2-3,19,37H2,1H3. The van der Waals surface area contributed by atoms with Gasteiger partial charge in [-0.2, -0.15) is 0 Å². The van der Waals surface area contributed by atoms with Crippen molar-refractivity contribution in [2.24, 2.45) is 10.7 Å². The molecule has 0 saturated heterocycles. The first-order valence-corrected chi connectivity index (χ1v) is 13.6. The minimum atomic E-state index is -0.322. The number of nitrogens with one attached hydrogen (secondary N) is 1. The van der Waals surface area contributed by atoms with Crippen LogP contribution in [-0.2, 0) is 0 Å². The van der Waals surface area contributed by atoms with E-state index in [9.17, 15) is 0 Å². The lowest BCUT2D eigenvalue weighted by molar-refractivity contribution is 0.488. The van der Waals surface area contributed by atoms with Gasteiger partial charge < -0.3 is 5.73 Å². The van der Waals surface area contributed by atoms with E-state index >= 15 is 0 Å². The summed E-state index contributed by atoms with van der Waals surface area (Å²) in [7, 11) is 0. The summed E-state index contributed by atoms with van der Waals surface area (Å²) < 4.78 is 0. The minimum Gasteiger partial charge on any atom is -0.312 e. The Morgan fingerprint density at radius 1 is 0.821 bits per heavy atom. The third-order valence-corrected chi connectivity index (χ3v) is 7.67. The quantitative estimate of drug-likeness (QED) is 0.126. The van der Waals surface area contributed by atoms with Gasteiger partial charge in [-0.1, -0.05) is 104 Å². The van der Waals surface area contributed by atoms with Gasteiger partial charge in [0.05, 0.1) is 24.5 Å². The Morgan fingerprint density at radius 2 is 1.51 bits per heavy atom. The van der Waals surface area contributed by atoms with Crippen molar-refractivity contribution < 1.29 is 0 Å². The van der Waals surface area contributed by atoms with Crippen molar-refractivity contribution >= 4 is 27.3 Å². The fraction of sp³-hybridized carbons (Fsp3) is 0.139. The van der Waals surface area contributed by atoms with Crippen LogP contribution in [0.5, 0.6) is 0 Å². The predicted octanol–water partition coefficient (Wildman–Crippen LogP) is 8.27. The molecule has 0 aliphatic carbocycles. The fourth-order valence-corrected chi connectivity index (χ4v) is 5.56. The van der Waals surface area contributed by atoms with Crippen LogP contribution < -0.4 is 11.1 Å². The van der Waals surface area contributed by atoms with Crippen molar-refractivity contribution in [1.29, 1.82) is 0 Å². The second-order valence-corrected chi connectivity index (χ2v) is 10.2. The Kier molecular flexibility index (Phi) is 6.93. The number of rotatable bonds is 8. The molecule has 0 bridgehead atoms. The Bertz CT molecular complexity index is 1730. The van der Waals surface area contributed by atoms with Crippen molar-refractivity contribution in [2.45, 2.75) is 25.6 Å². The van der Waals surface area contributed by atoms with Gasteiger partial charge in [0.25, 0.3) is 0 Å². The zero-order chi connectivity index (χ0) is 26.8. The average Bonchev–Trinajstić information content (AvgIpc) is 3.54. The van der Waals surface area contributed by atoms with Crippen molar-refractivity contribution in [3.8, 4) is 11.1 Å². The smallest absolute Gasteiger partial charge is 0.0817 e. The third kappa shape index (κ3) is 4.95. The van der Waals surface area contributed by atoms with E-state index < -0.39 is 0 Å². The van der Waals surface area contributed by atoms with Gasteiger partial charge in [0.15, 0.2) is 0 Å². The van der Waals surface area contributed by atoms with Crippen LogP contribution in [0.1, 0.15) is 42.2 Å². The topological polar surface area (TPSA) is 50.4 Å². The Balaban J connectivity index is 1.54. The molecule has 3 N–H and O–H groups in total. The zero-order valence-corrected chi connectivity index (χ0v) is 22.3. The van der Waals surface area contributed by atoms with Crippen molar-refractivity contribution in [1.82, 2.24) is 5.32 Å². The van der Waals surface area contributed by atoms with Gasteiger partial charge in [-0.05, 0) is 80.6 Å². The summed E-state index contributed by atoms with van der Waals surface area (Å²) in [6.07, 6.45) is 4.75. The molecule has 0 fully saturated rings. The highest BCUT2D eigenvalue weighted by molar-refractivity contribution is 6.15. The molecule has 5 aromatic carbocycles. The second kappa shape index (κ2) is 10.8. The van der Waals surface area contributed by atoms with Crippen LogP contribution in [-0.4, -0.2) is 12.3 Å². The summed E-state index contributed by atoms with van der Waals surface area (Å²) in [6.45, 7) is 7.32.